The number of hydrogen-bond donors (Lipinski definition) is 5. The molecule has 0 amide bonds. The van der Waals surface area contributed by atoms with Gasteiger partial charge in [0.05, 0.1) is 36.6 Å². The summed E-state index contributed by atoms with van der Waals surface area (Å²) in [5.74, 6) is 0.717. The van der Waals surface area contributed by atoms with Crippen LogP contribution in [0.2, 0.25) is 0 Å². The third-order valence-corrected chi connectivity index (χ3v) is 15.8. The molecule has 2 spiro atoms. The zero-order valence-electron chi connectivity index (χ0n) is 29.6. The highest BCUT2D eigenvalue weighted by Crippen LogP contribution is 2.89. The van der Waals surface area contributed by atoms with Gasteiger partial charge in [-0.2, -0.15) is 0 Å². The zero-order valence-corrected chi connectivity index (χ0v) is 29.6. The lowest BCUT2D eigenvalue weighted by atomic mass is 9.41. The molecule has 10 nitrogen and oxygen atoms in total. The molecule has 5 aliphatic carbocycles. The minimum atomic E-state index is -1.30. The van der Waals surface area contributed by atoms with Gasteiger partial charge >= 0.3 is 5.97 Å². The number of esters is 1. The van der Waals surface area contributed by atoms with Crippen LogP contribution in [0.4, 0.5) is 0 Å². The molecule has 5 saturated carbocycles. The Bertz CT molecular complexity index is 1250. The summed E-state index contributed by atoms with van der Waals surface area (Å²) in [6.45, 7) is 16.2. The summed E-state index contributed by atoms with van der Waals surface area (Å²) in [6, 6.07) is 0. The molecule has 0 aromatic rings. The lowest BCUT2D eigenvalue weighted by Crippen LogP contribution is -2.61. The Morgan fingerprint density at radius 2 is 1.60 bits per heavy atom. The van der Waals surface area contributed by atoms with E-state index in [-0.39, 0.29) is 51.6 Å². The molecule has 0 radical (unpaired) electrons. The van der Waals surface area contributed by atoms with Crippen LogP contribution in [0.1, 0.15) is 107 Å². The van der Waals surface area contributed by atoms with E-state index >= 15 is 0 Å². The fourth-order valence-corrected chi connectivity index (χ4v) is 13.7. The van der Waals surface area contributed by atoms with Gasteiger partial charge in [-0.1, -0.05) is 34.6 Å². The van der Waals surface area contributed by atoms with E-state index < -0.39 is 60.6 Å². The first-order valence-corrected chi connectivity index (χ1v) is 18.3. The molecule has 17 atom stereocenters. The van der Waals surface area contributed by atoms with Crippen LogP contribution in [-0.2, 0) is 23.7 Å². The highest BCUT2D eigenvalue weighted by atomic mass is 16.7. The molecule has 2 aliphatic heterocycles. The van der Waals surface area contributed by atoms with Crippen LogP contribution in [0.25, 0.3) is 0 Å². The molecule has 10 heteroatoms. The zero-order chi connectivity index (χ0) is 34.3. The first-order valence-electron chi connectivity index (χ1n) is 18.3. The molecule has 47 heavy (non-hydrogen) atoms. The normalized spacial score (nSPS) is 55.4. The summed E-state index contributed by atoms with van der Waals surface area (Å²) in [5, 5.41) is 54.3. The van der Waals surface area contributed by atoms with Gasteiger partial charge in [0.15, 0.2) is 12.4 Å². The van der Waals surface area contributed by atoms with Crippen LogP contribution in [0.15, 0.2) is 0 Å². The van der Waals surface area contributed by atoms with Crippen LogP contribution < -0.4 is 0 Å². The van der Waals surface area contributed by atoms with Crippen molar-refractivity contribution in [3.05, 3.63) is 0 Å². The summed E-state index contributed by atoms with van der Waals surface area (Å²) >= 11 is 0. The maximum Gasteiger partial charge on any atom is 0.303 e. The second kappa shape index (κ2) is 10.8. The molecule has 2 heterocycles. The van der Waals surface area contributed by atoms with E-state index in [1.165, 1.54) is 13.3 Å². The number of aliphatic hydroxyl groups excluding tert-OH is 4. The molecule has 0 bridgehead atoms. The molecule has 7 rings (SSSR count). The highest BCUT2D eigenvalue weighted by Gasteiger charge is 2.84. The van der Waals surface area contributed by atoms with E-state index in [1.807, 2.05) is 0 Å². The molecule has 2 saturated heterocycles. The Morgan fingerprint density at radius 3 is 2.26 bits per heavy atom. The van der Waals surface area contributed by atoms with E-state index in [0.29, 0.717) is 18.3 Å². The Labute approximate surface area is 279 Å². The largest absolute Gasteiger partial charge is 0.457 e. The average Bonchev–Trinajstić information content (AvgIpc) is 3.61. The Hall–Kier alpha value is -0.850. The van der Waals surface area contributed by atoms with Crippen molar-refractivity contribution in [2.24, 2.45) is 50.7 Å². The van der Waals surface area contributed by atoms with Crippen molar-refractivity contribution in [3.63, 3.8) is 0 Å². The summed E-state index contributed by atoms with van der Waals surface area (Å²) in [6.07, 6.45) is 0.712. The van der Waals surface area contributed by atoms with Crippen molar-refractivity contribution in [1.82, 2.24) is 0 Å². The molecule has 7 fully saturated rings. The highest BCUT2D eigenvalue weighted by molar-refractivity contribution is 5.66. The fraction of sp³-hybridized carbons (Fsp3) is 0.973. The van der Waals surface area contributed by atoms with Crippen molar-refractivity contribution < 1.29 is 49.3 Å². The number of fused-ring (bicyclic) bond motifs is 4. The maximum atomic E-state index is 12.5. The number of ether oxygens (including phenoxy) is 4. The van der Waals surface area contributed by atoms with Crippen molar-refractivity contribution in [3.8, 4) is 0 Å². The molecule has 268 valence electrons. The van der Waals surface area contributed by atoms with Crippen LogP contribution in [0, 0.1) is 50.7 Å². The van der Waals surface area contributed by atoms with E-state index in [2.05, 4.69) is 34.6 Å². The number of hydrogen-bond acceptors (Lipinski definition) is 10. The van der Waals surface area contributed by atoms with Crippen LogP contribution in [0.3, 0.4) is 0 Å². The third-order valence-electron chi connectivity index (χ3n) is 15.8. The average molecular weight is 665 g/mol. The van der Waals surface area contributed by atoms with Gasteiger partial charge in [0.25, 0.3) is 0 Å². The van der Waals surface area contributed by atoms with Gasteiger partial charge in [-0.15, -0.1) is 0 Å². The number of rotatable bonds is 5. The van der Waals surface area contributed by atoms with Gasteiger partial charge in [0.2, 0.25) is 0 Å². The van der Waals surface area contributed by atoms with Crippen LogP contribution in [0.5, 0.6) is 0 Å². The van der Waals surface area contributed by atoms with E-state index in [0.717, 1.165) is 38.5 Å². The maximum absolute atomic E-state index is 12.5. The van der Waals surface area contributed by atoms with Gasteiger partial charge in [-0.05, 0) is 111 Å². The monoisotopic (exact) mass is 664 g/mol. The van der Waals surface area contributed by atoms with Crippen molar-refractivity contribution >= 4 is 5.97 Å². The van der Waals surface area contributed by atoms with Crippen molar-refractivity contribution in [2.75, 3.05) is 6.61 Å². The quantitative estimate of drug-likeness (QED) is 0.218. The minimum absolute atomic E-state index is 0.0683. The predicted octanol–water partition coefficient (Wildman–Crippen LogP) is 3.33. The van der Waals surface area contributed by atoms with Crippen molar-refractivity contribution in [1.29, 1.82) is 0 Å². The van der Waals surface area contributed by atoms with Gasteiger partial charge in [-0.3, -0.25) is 4.79 Å². The minimum Gasteiger partial charge on any atom is -0.457 e. The second-order valence-corrected chi connectivity index (χ2v) is 18.6. The molecule has 0 aromatic heterocycles. The first kappa shape index (κ1) is 34.6. The number of carbonyl (C=O) groups is 1. The Balaban J connectivity index is 1.14. The van der Waals surface area contributed by atoms with E-state index in [4.69, 9.17) is 18.9 Å². The first-order chi connectivity index (χ1) is 21.8. The fourth-order valence-electron chi connectivity index (χ4n) is 13.7. The predicted molar refractivity (Wildman–Crippen MR) is 171 cm³/mol. The Kier molecular flexibility index (Phi) is 7.97. The van der Waals surface area contributed by atoms with Gasteiger partial charge in [0.1, 0.15) is 18.3 Å². The topological polar surface area (TPSA) is 155 Å². The summed E-state index contributed by atoms with van der Waals surface area (Å²) < 4.78 is 24.6. The molecular formula is C37H60O10. The third kappa shape index (κ3) is 4.54. The standard InChI is InChI=1S/C37H60O10/c1-18-15-21(30(33(5,6)43)45-19(2)38)46-28-25(18)34(7)13-14-37-17-36(37)12-11-24(47-31-27(41)26(40)20(39)16-44-31)32(3,4)22(36)9-10-23(37)35(34,8)29(28)42/h18,20-31,39-43H,9-17H2,1-8H3/t18-,20-,21-,22+,23+,24+,25?,26+,27-,28?,29+,30+,31+,34-,35-,36-,37+/m1/s1. The van der Waals surface area contributed by atoms with E-state index in [1.54, 1.807) is 13.8 Å². The van der Waals surface area contributed by atoms with Crippen LogP contribution >= 0.6 is 0 Å². The summed E-state index contributed by atoms with van der Waals surface area (Å²) in [4.78, 5) is 12.1. The number of carbonyl (C=O) groups excluding carboxylic acids is 1. The van der Waals surface area contributed by atoms with Crippen molar-refractivity contribution in [2.45, 2.75) is 167 Å². The number of aliphatic hydroxyl groups is 5. The van der Waals surface area contributed by atoms with E-state index in [9.17, 15) is 30.3 Å². The second-order valence-electron chi connectivity index (χ2n) is 18.6. The lowest BCUT2D eigenvalue weighted by molar-refractivity contribution is -0.303. The van der Waals surface area contributed by atoms with Gasteiger partial charge in [-0.25, -0.2) is 0 Å². The summed E-state index contributed by atoms with van der Waals surface area (Å²) in [7, 11) is 0. The molecule has 0 aromatic carbocycles. The molecular weight excluding hydrogens is 604 g/mol. The summed E-state index contributed by atoms with van der Waals surface area (Å²) in [5.41, 5.74) is -1.61. The lowest BCUT2D eigenvalue weighted by Gasteiger charge is -2.64. The van der Waals surface area contributed by atoms with Gasteiger partial charge in [0, 0.05) is 12.3 Å². The van der Waals surface area contributed by atoms with Gasteiger partial charge < -0.3 is 44.5 Å². The molecule has 7 aliphatic rings. The smallest absolute Gasteiger partial charge is 0.303 e. The molecule has 5 N–H and O–H groups in total. The Morgan fingerprint density at radius 1 is 0.936 bits per heavy atom. The SMILES string of the molecule is CC(=O)O[C@@H]([C@H]1C[C@@H](C)C2C(O1)[C@H](O)[C@@]1(C)[C@@H]3CC[C@H]4C(C)(C)[C@@H](O[C@@H]5OC[C@@H](O)[C@H](O)[C@H]5O)CC[C@@]45C[C@@]35CC[C@]21C)C(C)(C)O. The van der Waals surface area contributed by atoms with Crippen LogP contribution in [-0.4, -0.2) is 98.8 Å². The molecule has 2 unspecified atom stereocenters.